The minimum Gasteiger partial charge on any atom is -0.481 e. The lowest BCUT2D eigenvalue weighted by Gasteiger charge is -2.29. The van der Waals surface area contributed by atoms with Crippen LogP contribution in [-0.4, -0.2) is 45.6 Å². The van der Waals surface area contributed by atoms with Gasteiger partial charge in [0.15, 0.2) is 11.6 Å². The van der Waals surface area contributed by atoms with Gasteiger partial charge in [0.25, 0.3) is 0 Å². The molecule has 0 radical (unpaired) electrons. The molecule has 3 heterocycles. The molecule has 9 heteroatoms. The Morgan fingerprint density at radius 3 is 2.51 bits per heavy atom. The van der Waals surface area contributed by atoms with Gasteiger partial charge in [0.1, 0.15) is 6.10 Å². The second-order valence-electron chi connectivity index (χ2n) is 9.98. The van der Waals surface area contributed by atoms with Crippen molar-refractivity contribution >= 4 is 27.6 Å². The summed E-state index contributed by atoms with van der Waals surface area (Å²) in [6, 6.07) is 7.88. The van der Waals surface area contributed by atoms with E-state index in [1.165, 1.54) is 6.07 Å². The zero-order valence-corrected chi connectivity index (χ0v) is 20.2. The van der Waals surface area contributed by atoms with Crippen LogP contribution >= 0.6 is 0 Å². The van der Waals surface area contributed by atoms with Gasteiger partial charge in [0.05, 0.1) is 23.3 Å². The fourth-order valence-corrected chi connectivity index (χ4v) is 5.64. The van der Waals surface area contributed by atoms with Crippen LogP contribution in [-0.2, 0) is 9.53 Å². The summed E-state index contributed by atoms with van der Waals surface area (Å²) in [7, 11) is 0. The predicted octanol–water partition coefficient (Wildman–Crippen LogP) is 5.97. The van der Waals surface area contributed by atoms with Crippen molar-refractivity contribution in [3.63, 3.8) is 0 Å². The van der Waals surface area contributed by atoms with Gasteiger partial charge in [-0.1, -0.05) is 6.07 Å². The number of ether oxygens (including phenoxy) is 2. The molecule has 2 aromatic carbocycles. The molecule has 0 unspecified atom stereocenters. The van der Waals surface area contributed by atoms with Gasteiger partial charge in [0, 0.05) is 35.5 Å². The molecule has 1 saturated carbocycles. The highest BCUT2D eigenvalue weighted by molar-refractivity contribution is 6.06. The van der Waals surface area contributed by atoms with Gasteiger partial charge in [0.2, 0.25) is 5.88 Å². The Balaban J connectivity index is 1.53. The third-order valence-corrected chi connectivity index (χ3v) is 7.67. The molecule has 2 aromatic heterocycles. The molecule has 2 N–H and O–H groups in total. The van der Waals surface area contributed by atoms with Gasteiger partial charge < -0.3 is 14.6 Å². The molecule has 6 rings (SSSR count). The van der Waals surface area contributed by atoms with Crippen LogP contribution in [0.2, 0.25) is 0 Å². The number of H-pyrrole nitrogens is 1. The fraction of sp³-hybridized carbons (Fsp3) is 0.393. The molecule has 37 heavy (non-hydrogen) atoms. The van der Waals surface area contributed by atoms with Gasteiger partial charge in [-0.3, -0.25) is 9.89 Å². The first-order valence-corrected chi connectivity index (χ1v) is 12.7. The third-order valence-electron chi connectivity index (χ3n) is 7.67. The lowest BCUT2D eigenvalue weighted by Crippen LogP contribution is -2.28. The molecule has 1 aliphatic carbocycles. The summed E-state index contributed by atoms with van der Waals surface area (Å²) in [5.41, 5.74) is 2.89. The number of halogens is 2. The molecule has 7 nitrogen and oxygen atoms in total. The van der Waals surface area contributed by atoms with E-state index in [4.69, 9.17) is 14.5 Å². The molecule has 0 atom stereocenters. The second kappa shape index (κ2) is 9.70. The number of rotatable bonds is 5. The SMILES string of the molecule is O=C(O)C1CCC(Oc2nc(C3CCOCC3)c(-c3ccc(F)c(F)c3)c3cc4cn[nH]c4cc23)CC1. The van der Waals surface area contributed by atoms with E-state index in [-0.39, 0.29) is 17.9 Å². The Bertz CT molecular complexity index is 1470. The number of aromatic amines is 1. The zero-order valence-electron chi connectivity index (χ0n) is 20.2. The van der Waals surface area contributed by atoms with E-state index in [1.54, 1.807) is 12.3 Å². The molecule has 4 aromatic rings. The summed E-state index contributed by atoms with van der Waals surface area (Å²) in [5.74, 6) is -2.39. The van der Waals surface area contributed by atoms with Crippen LogP contribution in [0.25, 0.3) is 32.8 Å². The van der Waals surface area contributed by atoms with Crippen molar-refractivity contribution in [1.82, 2.24) is 15.2 Å². The monoisotopic (exact) mass is 507 g/mol. The Morgan fingerprint density at radius 1 is 1.00 bits per heavy atom. The van der Waals surface area contributed by atoms with Crippen molar-refractivity contribution in [3.05, 3.63) is 53.9 Å². The van der Waals surface area contributed by atoms with E-state index in [0.717, 1.165) is 51.8 Å². The molecular formula is C28H27F2N3O4. The van der Waals surface area contributed by atoms with Crippen molar-refractivity contribution in [3.8, 4) is 17.0 Å². The van der Waals surface area contributed by atoms with Gasteiger partial charge in [-0.25, -0.2) is 13.8 Å². The summed E-state index contributed by atoms with van der Waals surface area (Å²) in [5, 5.41) is 19.0. The van der Waals surface area contributed by atoms with Gasteiger partial charge in [-0.15, -0.1) is 0 Å². The number of aromatic nitrogens is 3. The van der Waals surface area contributed by atoms with E-state index in [9.17, 15) is 18.7 Å². The fourth-order valence-electron chi connectivity index (χ4n) is 5.64. The van der Waals surface area contributed by atoms with Gasteiger partial charge in [-0.2, -0.15) is 5.10 Å². The van der Waals surface area contributed by atoms with E-state index in [2.05, 4.69) is 10.2 Å². The van der Waals surface area contributed by atoms with E-state index in [1.807, 2.05) is 12.1 Å². The highest BCUT2D eigenvalue weighted by Gasteiger charge is 2.30. The van der Waals surface area contributed by atoms with Crippen LogP contribution in [0.15, 0.2) is 36.5 Å². The van der Waals surface area contributed by atoms with Crippen molar-refractivity contribution < 1.29 is 28.2 Å². The van der Waals surface area contributed by atoms with Crippen LogP contribution in [0, 0.1) is 17.6 Å². The first kappa shape index (κ1) is 23.8. The van der Waals surface area contributed by atoms with Crippen molar-refractivity contribution in [2.75, 3.05) is 13.2 Å². The third kappa shape index (κ3) is 4.52. The number of aliphatic carboxylic acids is 1. The number of carboxylic acid groups (broad SMARTS) is 1. The standard InChI is InChI=1S/C28H27F2N3O4/c29-22-6-3-17(12-23(22)30)25-20-11-18-14-31-33-24(18)13-21(20)27(32-26(25)15-7-9-36-10-8-15)37-19-4-1-16(2-5-19)28(34)35/h3,6,11-16,19H,1-2,4-5,7-10H2,(H,31,33)(H,34,35). The predicted molar refractivity (Wildman–Crippen MR) is 134 cm³/mol. The number of nitrogens with one attached hydrogen (secondary N) is 1. The maximum absolute atomic E-state index is 14.4. The van der Waals surface area contributed by atoms with E-state index < -0.39 is 17.6 Å². The molecule has 2 aliphatic rings. The number of carbonyl (C=O) groups is 1. The lowest BCUT2D eigenvalue weighted by molar-refractivity contribution is -0.143. The molecule has 1 aliphatic heterocycles. The average Bonchev–Trinajstić information content (AvgIpc) is 3.37. The average molecular weight is 508 g/mol. The molecule has 2 fully saturated rings. The van der Waals surface area contributed by atoms with Crippen LogP contribution in [0.5, 0.6) is 5.88 Å². The number of carboxylic acids is 1. The van der Waals surface area contributed by atoms with Crippen LogP contribution in [0.3, 0.4) is 0 Å². The first-order chi connectivity index (χ1) is 18.0. The number of pyridine rings is 1. The van der Waals surface area contributed by atoms with E-state index in [0.29, 0.717) is 50.3 Å². The number of fused-ring (bicyclic) bond motifs is 2. The molecule has 1 saturated heterocycles. The first-order valence-electron chi connectivity index (χ1n) is 12.7. The number of hydrogen-bond acceptors (Lipinski definition) is 5. The van der Waals surface area contributed by atoms with Crippen molar-refractivity contribution in [1.29, 1.82) is 0 Å². The Morgan fingerprint density at radius 2 is 1.78 bits per heavy atom. The summed E-state index contributed by atoms with van der Waals surface area (Å²) >= 11 is 0. The highest BCUT2D eigenvalue weighted by atomic mass is 19.2. The lowest BCUT2D eigenvalue weighted by atomic mass is 9.86. The Labute approximate surface area is 211 Å². The highest BCUT2D eigenvalue weighted by Crippen LogP contribution is 2.43. The molecular weight excluding hydrogens is 480 g/mol. The molecule has 192 valence electrons. The second-order valence-corrected chi connectivity index (χ2v) is 9.98. The summed E-state index contributed by atoms with van der Waals surface area (Å²) in [6.07, 6.45) is 5.46. The van der Waals surface area contributed by atoms with E-state index >= 15 is 0 Å². The topological polar surface area (TPSA) is 97.3 Å². The zero-order chi connectivity index (χ0) is 25.5. The summed E-state index contributed by atoms with van der Waals surface area (Å²) in [6.45, 7) is 1.19. The quantitative estimate of drug-likeness (QED) is 0.345. The Hall–Kier alpha value is -3.59. The number of benzene rings is 2. The normalized spacial score (nSPS) is 20.9. The van der Waals surface area contributed by atoms with Crippen LogP contribution in [0.4, 0.5) is 8.78 Å². The maximum atomic E-state index is 14.4. The minimum atomic E-state index is -0.913. The van der Waals surface area contributed by atoms with Crippen LogP contribution in [0.1, 0.15) is 50.1 Å². The smallest absolute Gasteiger partial charge is 0.306 e. The summed E-state index contributed by atoms with van der Waals surface area (Å²) < 4.78 is 40.4. The number of hydrogen-bond donors (Lipinski definition) is 2. The van der Waals surface area contributed by atoms with Crippen LogP contribution < -0.4 is 4.74 Å². The Kier molecular flexibility index (Phi) is 6.24. The van der Waals surface area contributed by atoms with Gasteiger partial charge >= 0.3 is 5.97 Å². The maximum Gasteiger partial charge on any atom is 0.306 e. The number of nitrogens with zero attached hydrogens (tertiary/aromatic N) is 2. The van der Waals surface area contributed by atoms with Crippen molar-refractivity contribution in [2.45, 2.75) is 50.5 Å². The van der Waals surface area contributed by atoms with Gasteiger partial charge in [-0.05, 0) is 73.7 Å². The van der Waals surface area contributed by atoms with Crippen molar-refractivity contribution in [2.24, 2.45) is 5.92 Å². The molecule has 0 bridgehead atoms. The molecule has 0 spiro atoms. The molecule has 0 amide bonds. The largest absolute Gasteiger partial charge is 0.481 e. The summed E-state index contributed by atoms with van der Waals surface area (Å²) in [4.78, 5) is 16.5. The minimum absolute atomic E-state index is 0.0615.